The van der Waals surface area contributed by atoms with Gasteiger partial charge in [-0.15, -0.1) is 0 Å². The summed E-state index contributed by atoms with van der Waals surface area (Å²) in [5.41, 5.74) is 4.33. The Bertz CT molecular complexity index is 1010. The van der Waals surface area contributed by atoms with Gasteiger partial charge < -0.3 is 10.0 Å². The first-order valence-corrected chi connectivity index (χ1v) is 8.83. The Morgan fingerprint density at radius 3 is 2.59 bits per heavy atom. The molecule has 0 aliphatic carbocycles. The Morgan fingerprint density at radius 1 is 1.15 bits per heavy atom. The van der Waals surface area contributed by atoms with Crippen LogP contribution in [0.15, 0.2) is 48.5 Å². The van der Waals surface area contributed by atoms with E-state index in [0.29, 0.717) is 29.2 Å². The molecule has 4 rings (SSSR count). The smallest absolute Gasteiger partial charge is 0.258 e. The lowest BCUT2D eigenvalue weighted by atomic mass is 9.97. The number of aromatic nitrogens is 2. The molecule has 1 aliphatic rings. The molecule has 5 nitrogen and oxygen atoms in total. The first-order valence-electron chi connectivity index (χ1n) is 8.83. The van der Waals surface area contributed by atoms with Crippen LogP contribution in [0.5, 0.6) is 0 Å². The minimum atomic E-state index is -0.702. The van der Waals surface area contributed by atoms with E-state index in [1.54, 1.807) is 28.6 Å². The molecule has 27 heavy (non-hydrogen) atoms. The van der Waals surface area contributed by atoms with Crippen molar-refractivity contribution in [2.45, 2.75) is 26.5 Å². The maximum Gasteiger partial charge on any atom is 0.258 e. The Hall–Kier alpha value is -2.99. The van der Waals surface area contributed by atoms with Gasteiger partial charge in [-0.05, 0) is 49.2 Å². The monoisotopic (exact) mass is 365 g/mol. The third-order valence-corrected chi connectivity index (χ3v) is 5.03. The summed E-state index contributed by atoms with van der Waals surface area (Å²) >= 11 is 0. The van der Waals surface area contributed by atoms with Crippen LogP contribution in [-0.2, 0) is 6.54 Å². The number of carbonyl (C=O) groups is 1. The summed E-state index contributed by atoms with van der Waals surface area (Å²) in [7, 11) is 0. The van der Waals surface area contributed by atoms with Gasteiger partial charge in [0, 0.05) is 6.54 Å². The first-order chi connectivity index (χ1) is 13.0. The van der Waals surface area contributed by atoms with Crippen molar-refractivity contribution in [1.29, 1.82) is 0 Å². The minimum absolute atomic E-state index is 0.160. The van der Waals surface area contributed by atoms with Crippen molar-refractivity contribution in [2.24, 2.45) is 0 Å². The lowest BCUT2D eigenvalue weighted by Crippen LogP contribution is -2.38. The first kappa shape index (κ1) is 17.4. The highest BCUT2D eigenvalue weighted by Gasteiger charge is 2.30. The van der Waals surface area contributed by atoms with Crippen molar-refractivity contribution in [3.8, 4) is 5.69 Å². The normalized spacial score (nSPS) is 16.3. The van der Waals surface area contributed by atoms with Crippen LogP contribution >= 0.6 is 0 Å². The zero-order chi connectivity index (χ0) is 19.1. The van der Waals surface area contributed by atoms with Crippen molar-refractivity contribution in [1.82, 2.24) is 14.7 Å². The minimum Gasteiger partial charge on any atom is -0.387 e. The number of β-amino-alcohol motifs (C(OH)–C–C–N with tert-alkyl or cyclic N) is 1. The lowest BCUT2D eigenvalue weighted by molar-refractivity contribution is 0.0548. The number of hydrogen-bond acceptors (Lipinski definition) is 3. The van der Waals surface area contributed by atoms with Crippen LogP contribution in [0.2, 0.25) is 0 Å². The summed E-state index contributed by atoms with van der Waals surface area (Å²) in [5, 5.41) is 14.9. The van der Waals surface area contributed by atoms with Crippen LogP contribution in [0, 0.1) is 19.7 Å². The third kappa shape index (κ3) is 3.02. The topological polar surface area (TPSA) is 58.4 Å². The van der Waals surface area contributed by atoms with E-state index in [-0.39, 0.29) is 18.3 Å². The predicted molar refractivity (Wildman–Crippen MR) is 99.1 cm³/mol. The molecule has 1 amide bonds. The van der Waals surface area contributed by atoms with E-state index < -0.39 is 6.10 Å². The van der Waals surface area contributed by atoms with E-state index in [9.17, 15) is 14.3 Å². The predicted octanol–water partition coefficient (Wildman–Crippen LogP) is 3.32. The fraction of sp³-hybridized carbons (Fsp3) is 0.238. The van der Waals surface area contributed by atoms with Crippen molar-refractivity contribution >= 4 is 5.91 Å². The third-order valence-electron chi connectivity index (χ3n) is 5.03. The van der Waals surface area contributed by atoms with E-state index >= 15 is 0 Å². The average Bonchev–Trinajstić information content (AvgIpc) is 2.96. The summed E-state index contributed by atoms with van der Waals surface area (Å²) in [4.78, 5) is 14.8. The summed E-state index contributed by atoms with van der Waals surface area (Å²) in [6.07, 6.45) is -0.702. The van der Waals surface area contributed by atoms with E-state index in [0.717, 1.165) is 11.1 Å². The molecule has 2 aromatic carbocycles. The maximum absolute atomic E-state index is 13.2. The number of fused-ring (bicyclic) bond motifs is 1. The Labute approximate surface area is 156 Å². The van der Waals surface area contributed by atoms with Gasteiger partial charge in [-0.2, -0.15) is 5.10 Å². The summed E-state index contributed by atoms with van der Waals surface area (Å²) in [6.45, 7) is 4.31. The Kier molecular flexibility index (Phi) is 4.28. The number of aliphatic hydroxyl groups is 1. The van der Waals surface area contributed by atoms with Crippen LogP contribution in [-0.4, -0.2) is 32.2 Å². The van der Waals surface area contributed by atoms with Crippen molar-refractivity contribution in [3.05, 3.63) is 82.4 Å². The van der Waals surface area contributed by atoms with E-state index in [1.165, 1.54) is 12.1 Å². The Morgan fingerprint density at radius 2 is 1.85 bits per heavy atom. The summed E-state index contributed by atoms with van der Waals surface area (Å²) < 4.78 is 14.9. The molecular formula is C21H20FN3O2. The molecule has 1 N–H and O–H groups in total. The second-order valence-corrected chi connectivity index (χ2v) is 6.83. The molecule has 6 heteroatoms. The highest BCUT2D eigenvalue weighted by Crippen LogP contribution is 2.28. The van der Waals surface area contributed by atoms with Crippen LogP contribution in [0.25, 0.3) is 5.69 Å². The summed E-state index contributed by atoms with van der Waals surface area (Å²) in [5.74, 6) is -0.482. The second kappa shape index (κ2) is 6.63. The number of halogens is 1. The number of carbonyl (C=O) groups excluding carboxylic acids is 1. The fourth-order valence-corrected chi connectivity index (χ4v) is 3.68. The molecule has 1 atom stereocenters. The zero-order valence-electron chi connectivity index (χ0n) is 15.2. The summed E-state index contributed by atoms with van der Waals surface area (Å²) in [6, 6.07) is 13.6. The van der Waals surface area contributed by atoms with Gasteiger partial charge in [-0.1, -0.05) is 24.3 Å². The molecule has 0 spiro atoms. The van der Waals surface area contributed by atoms with Crippen LogP contribution in [0.3, 0.4) is 0 Å². The highest BCUT2D eigenvalue weighted by molar-refractivity contribution is 5.96. The Balaban J connectivity index is 1.68. The fourth-order valence-electron chi connectivity index (χ4n) is 3.68. The van der Waals surface area contributed by atoms with Crippen LogP contribution < -0.4 is 0 Å². The molecule has 1 aliphatic heterocycles. The molecule has 0 saturated carbocycles. The van der Waals surface area contributed by atoms with Gasteiger partial charge in [0.05, 0.1) is 35.3 Å². The molecule has 3 aromatic rings. The number of aliphatic hydroxyl groups excluding tert-OH is 1. The number of amides is 1. The standard InChI is InChI=1S/C21H20FN3O2/c1-13-20(14(2)25(23-13)17-9-7-16(22)8-10-17)21(27)24-11-15-5-3-4-6-18(15)19(26)12-24/h3-10,19,26H,11-12H2,1-2H3/t19-/m0/s1. The lowest BCUT2D eigenvalue weighted by Gasteiger charge is -2.32. The van der Waals surface area contributed by atoms with E-state index in [1.807, 2.05) is 31.2 Å². The number of rotatable bonds is 2. The van der Waals surface area contributed by atoms with Gasteiger partial charge in [-0.3, -0.25) is 4.79 Å². The van der Waals surface area contributed by atoms with Gasteiger partial charge in [0.1, 0.15) is 5.82 Å². The van der Waals surface area contributed by atoms with Gasteiger partial charge in [0.2, 0.25) is 0 Å². The van der Waals surface area contributed by atoms with E-state index in [2.05, 4.69) is 5.10 Å². The molecule has 0 fully saturated rings. The van der Waals surface area contributed by atoms with E-state index in [4.69, 9.17) is 0 Å². The molecule has 1 aromatic heterocycles. The molecule has 0 radical (unpaired) electrons. The average molecular weight is 365 g/mol. The number of hydrogen-bond donors (Lipinski definition) is 1. The van der Waals surface area contributed by atoms with Gasteiger partial charge in [0.25, 0.3) is 5.91 Å². The quantitative estimate of drug-likeness (QED) is 0.758. The molecule has 138 valence electrons. The second-order valence-electron chi connectivity index (χ2n) is 6.83. The van der Waals surface area contributed by atoms with Gasteiger partial charge >= 0.3 is 0 Å². The molecule has 2 heterocycles. The number of aryl methyl sites for hydroxylation is 1. The number of nitrogens with zero attached hydrogens (tertiary/aromatic N) is 3. The van der Waals surface area contributed by atoms with Gasteiger partial charge in [-0.25, -0.2) is 9.07 Å². The maximum atomic E-state index is 13.2. The number of benzene rings is 2. The molecule has 0 bridgehead atoms. The largest absolute Gasteiger partial charge is 0.387 e. The van der Waals surface area contributed by atoms with Crippen molar-refractivity contribution < 1.29 is 14.3 Å². The molecule has 0 saturated heterocycles. The van der Waals surface area contributed by atoms with Gasteiger partial charge in [0.15, 0.2) is 0 Å². The van der Waals surface area contributed by atoms with Crippen LogP contribution in [0.4, 0.5) is 4.39 Å². The molecular weight excluding hydrogens is 345 g/mol. The zero-order valence-corrected chi connectivity index (χ0v) is 15.2. The SMILES string of the molecule is Cc1nn(-c2ccc(F)cc2)c(C)c1C(=O)N1Cc2ccccc2[C@@H](O)C1. The van der Waals surface area contributed by atoms with Crippen molar-refractivity contribution in [2.75, 3.05) is 6.54 Å². The van der Waals surface area contributed by atoms with Crippen LogP contribution in [0.1, 0.15) is 39.0 Å². The van der Waals surface area contributed by atoms with Crippen molar-refractivity contribution in [3.63, 3.8) is 0 Å². The highest BCUT2D eigenvalue weighted by atomic mass is 19.1. The molecule has 0 unspecified atom stereocenters.